The normalized spacial score (nSPS) is 14.6. The molecule has 1 unspecified atom stereocenters. The lowest BCUT2D eigenvalue weighted by Crippen LogP contribution is -2.33. The van der Waals surface area contributed by atoms with Crippen LogP contribution in [0, 0.1) is 0 Å². The second-order valence-corrected chi connectivity index (χ2v) is 11.9. The third-order valence-corrected chi connectivity index (χ3v) is 8.94. The molecule has 1 aliphatic heterocycles. The highest BCUT2D eigenvalue weighted by Crippen LogP contribution is 2.36. The van der Waals surface area contributed by atoms with Crippen molar-refractivity contribution in [2.45, 2.75) is 6.17 Å². The minimum absolute atomic E-state index is 0.274. The average Bonchev–Trinajstić information content (AvgIpc) is 3.53. The average molecular weight is 604 g/mol. The molecule has 4 heteroatoms. The third kappa shape index (κ3) is 4.97. The first-order chi connectivity index (χ1) is 23.3. The molecule has 7 aromatic carbocycles. The Balaban J connectivity index is 1.14. The van der Waals surface area contributed by atoms with Gasteiger partial charge in [0.15, 0.2) is 5.84 Å². The van der Waals surface area contributed by atoms with Crippen LogP contribution >= 0.6 is 0 Å². The van der Waals surface area contributed by atoms with Crippen molar-refractivity contribution in [2.24, 2.45) is 9.98 Å². The van der Waals surface area contributed by atoms with Crippen LogP contribution in [0.15, 0.2) is 178 Å². The lowest BCUT2D eigenvalue weighted by Gasteiger charge is -2.23. The molecule has 47 heavy (non-hydrogen) atoms. The summed E-state index contributed by atoms with van der Waals surface area (Å²) in [6, 6.07) is 57.0. The van der Waals surface area contributed by atoms with E-state index in [9.17, 15) is 0 Å². The van der Waals surface area contributed by atoms with Gasteiger partial charge in [-0.15, -0.1) is 0 Å². The molecule has 1 N–H and O–H groups in total. The van der Waals surface area contributed by atoms with Gasteiger partial charge >= 0.3 is 0 Å². The molecule has 0 aliphatic carbocycles. The van der Waals surface area contributed by atoms with Gasteiger partial charge in [0.1, 0.15) is 23.2 Å². The van der Waals surface area contributed by atoms with E-state index in [0.29, 0.717) is 5.84 Å². The maximum absolute atomic E-state index is 6.39. The van der Waals surface area contributed by atoms with Gasteiger partial charge in [-0.3, -0.25) is 0 Å². The van der Waals surface area contributed by atoms with Crippen molar-refractivity contribution in [1.82, 2.24) is 5.32 Å². The number of furan rings is 1. The number of aliphatic imine (C=N–C) groups is 2. The predicted molar refractivity (Wildman–Crippen MR) is 194 cm³/mol. The Morgan fingerprint density at radius 2 is 1.15 bits per heavy atom. The van der Waals surface area contributed by atoms with Gasteiger partial charge in [0.05, 0.1) is 0 Å². The van der Waals surface area contributed by atoms with E-state index in [-0.39, 0.29) is 6.17 Å². The first-order valence-electron chi connectivity index (χ1n) is 15.9. The highest BCUT2D eigenvalue weighted by molar-refractivity contribution is 6.22. The number of hydrogen-bond acceptors (Lipinski definition) is 4. The molecular weight excluding hydrogens is 574 g/mol. The van der Waals surface area contributed by atoms with Crippen LogP contribution in [0.5, 0.6) is 0 Å². The summed E-state index contributed by atoms with van der Waals surface area (Å²) in [4.78, 5) is 10.2. The fourth-order valence-corrected chi connectivity index (χ4v) is 6.53. The highest BCUT2D eigenvalue weighted by Gasteiger charge is 2.23. The van der Waals surface area contributed by atoms with Crippen molar-refractivity contribution in [3.8, 4) is 22.3 Å². The van der Waals surface area contributed by atoms with Crippen molar-refractivity contribution < 1.29 is 4.42 Å². The van der Waals surface area contributed by atoms with Crippen molar-refractivity contribution in [2.75, 3.05) is 0 Å². The molecule has 0 radical (unpaired) electrons. The standard InChI is InChI=1S/C43H29N3O/c1-3-11-31(12-4-1)41-44-42(32-13-5-2-6-14-32)46-43(45-41)36-16-9-17-39-40(36)37-27-35(24-25-38(37)47-39)30-20-18-29(19-21-30)34-23-22-28-10-7-8-15-33(28)26-34/h1-27,41H,(H,44,45,46). The zero-order valence-corrected chi connectivity index (χ0v) is 25.5. The van der Waals surface area contributed by atoms with E-state index >= 15 is 0 Å². The molecule has 2 heterocycles. The molecular formula is C43H29N3O. The van der Waals surface area contributed by atoms with Gasteiger partial charge in [0, 0.05) is 21.9 Å². The van der Waals surface area contributed by atoms with E-state index in [2.05, 4.69) is 121 Å². The van der Waals surface area contributed by atoms with E-state index < -0.39 is 0 Å². The second kappa shape index (κ2) is 11.3. The molecule has 0 fully saturated rings. The topological polar surface area (TPSA) is 49.9 Å². The molecule has 1 atom stereocenters. The molecule has 1 aliphatic rings. The van der Waals surface area contributed by atoms with E-state index in [1.165, 1.54) is 21.9 Å². The van der Waals surface area contributed by atoms with Crippen LogP contribution in [-0.4, -0.2) is 11.7 Å². The second-order valence-electron chi connectivity index (χ2n) is 11.9. The van der Waals surface area contributed by atoms with Gasteiger partial charge in [0.2, 0.25) is 0 Å². The summed E-state index contributed by atoms with van der Waals surface area (Å²) in [5.41, 5.74) is 9.37. The molecule has 9 rings (SSSR count). The van der Waals surface area contributed by atoms with Crippen molar-refractivity contribution in [1.29, 1.82) is 0 Å². The summed E-state index contributed by atoms with van der Waals surface area (Å²) in [7, 11) is 0. The summed E-state index contributed by atoms with van der Waals surface area (Å²) in [6.07, 6.45) is -0.274. The first-order valence-corrected chi connectivity index (χ1v) is 15.9. The zero-order valence-electron chi connectivity index (χ0n) is 25.5. The van der Waals surface area contributed by atoms with Gasteiger partial charge in [-0.2, -0.15) is 0 Å². The summed E-state index contributed by atoms with van der Waals surface area (Å²) < 4.78 is 6.39. The Bertz CT molecular complexity index is 2480. The Hall–Kier alpha value is -6.26. The Labute approximate surface area is 272 Å². The fraction of sp³-hybridized carbons (Fsp3) is 0.0233. The number of nitrogens with zero attached hydrogens (tertiary/aromatic N) is 2. The van der Waals surface area contributed by atoms with Gasteiger partial charge in [-0.1, -0.05) is 140 Å². The molecule has 8 aromatic rings. The minimum Gasteiger partial charge on any atom is -0.456 e. The minimum atomic E-state index is -0.274. The Morgan fingerprint density at radius 1 is 0.489 bits per heavy atom. The number of benzene rings is 7. The SMILES string of the molecule is c1ccc(C2=NC(c3cccc4oc5ccc(-c6ccc(-c7ccc8ccccc8c7)cc6)cc5c34)=NC(c3ccccc3)N2)cc1. The van der Waals surface area contributed by atoms with Crippen LogP contribution in [0.1, 0.15) is 22.9 Å². The van der Waals surface area contributed by atoms with Crippen LogP contribution in [0.3, 0.4) is 0 Å². The molecule has 0 amide bonds. The van der Waals surface area contributed by atoms with Gasteiger partial charge in [-0.05, 0) is 62.9 Å². The predicted octanol–water partition coefficient (Wildman–Crippen LogP) is 10.6. The maximum atomic E-state index is 6.39. The monoisotopic (exact) mass is 603 g/mol. The molecule has 222 valence electrons. The van der Waals surface area contributed by atoms with Gasteiger partial charge < -0.3 is 9.73 Å². The quantitative estimate of drug-likeness (QED) is 0.213. The van der Waals surface area contributed by atoms with Gasteiger partial charge in [0.25, 0.3) is 0 Å². The highest BCUT2D eigenvalue weighted by atomic mass is 16.3. The van der Waals surface area contributed by atoms with Crippen molar-refractivity contribution >= 4 is 44.4 Å². The number of nitrogens with one attached hydrogen (secondary N) is 1. The van der Waals surface area contributed by atoms with Crippen LogP contribution in [0.4, 0.5) is 0 Å². The van der Waals surface area contributed by atoms with Crippen LogP contribution < -0.4 is 5.32 Å². The van der Waals surface area contributed by atoms with Crippen molar-refractivity contribution in [3.63, 3.8) is 0 Å². The third-order valence-electron chi connectivity index (χ3n) is 8.94. The molecule has 1 aromatic heterocycles. The lowest BCUT2D eigenvalue weighted by atomic mass is 9.97. The summed E-state index contributed by atoms with van der Waals surface area (Å²) in [6.45, 7) is 0. The summed E-state index contributed by atoms with van der Waals surface area (Å²) in [5.74, 6) is 1.47. The van der Waals surface area contributed by atoms with Crippen LogP contribution in [-0.2, 0) is 0 Å². The molecule has 4 nitrogen and oxygen atoms in total. The Morgan fingerprint density at radius 3 is 1.94 bits per heavy atom. The van der Waals surface area contributed by atoms with E-state index in [0.717, 1.165) is 55.6 Å². The number of amidine groups is 2. The van der Waals surface area contributed by atoms with E-state index in [1.807, 2.05) is 48.5 Å². The molecule has 0 spiro atoms. The molecule has 0 bridgehead atoms. The Kier molecular flexibility index (Phi) is 6.50. The molecule has 0 saturated carbocycles. The fourth-order valence-electron chi connectivity index (χ4n) is 6.53. The van der Waals surface area contributed by atoms with E-state index in [1.54, 1.807) is 0 Å². The number of fused-ring (bicyclic) bond motifs is 4. The van der Waals surface area contributed by atoms with Crippen LogP contribution in [0.25, 0.3) is 55.0 Å². The molecule has 0 saturated heterocycles. The van der Waals surface area contributed by atoms with Crippen molar-refractivity contribution in [3.05, 3.63) is 180 Å². The number of hydrogen-bond donors (Lipinski definition) is 1. The summed E-state index contributed by atoms with van der Waals surface area (Å²) in [5, 5.41) is 8.11. The van der Waals surface area contributed by atoms with Crippen LogP contribution in [0.2, 0.25) is 0 Å². The number of rotatable bonds is 5. The summed E-state index contributed by atoms with van der Waals surface area (Å²) >= 11 is 0. The zero-order chi connectivity index (χ0) is 31.2. The first kappa shape index (κ1) is 27.1. The maximum Gasteiger partial charge on any atom is 0.160 e. The smallest absolute Gasteiger partial charge is 0.160 e. The lowest BCUT2D eigenvalue weighted by molar-refractivity contribution is 0.668. The van der Waals surface area contributed by atoms with Gasteiger partial charge in [-0.25, -0.2) is 9.98 Å². The van der Waals surface area contributed by atoms with E-state index in [4.69, 9.17) is 14.4 Å². The largest absolute Gasteiger partial charge is 0.456 e.